The SMILES string of the molecule is CCCNc1nccn1-c1ccc(Br)cc1CC. The molecule has 18 heavy (non-hydrogen) atoms. The molecule has 0 bridgehead atoms. The lowest BCUT2D eigenvalue weighted by Crippen LogP contribution is -2.08. The molecule has 0 spiro atoms. The van der Waals surface area contributed by atoms with Crippen molar-refractivity contribution in [2.75, 3.05) is 11.9 Å². The molecule has 0 atom stereocenters. The number of halogens is 1. The smallest absolute Gasteiger partial charge is 0.207 e. The van der Waals surface area contributed by atoms with Gasteiger partial charge in [-0.1, -0.05) is 29.8 Å². The van der Waals surface area contributed by atoms with E-state index in [1.54, 1.807) is 0 Å². The summed E-state index contributed by atoms with van der Waals surface area (Å²) in [5.74, 6) is 0.911. The lowest BCUT2D eigenvalue weighted by Gasteiger charge is -2.13. The third-order valence-electron chi connectivity index (χ3n) is 2.86. The van der Waals surface area contributed by atoms with E-state index in [0.717, 1.165) is 29.8 Å². The van der Waals surface area contributed by atoms with Crippen LogP contribution in [0.2, 0.25) is 0 Å². The fourth-order valence-electron chi connectivity index (χ4n) is 1.94. The first-order chi connectivity index (χ1) is 8.76. The highest BCUT2D eigenvalue weighted by molar-refractivity contribution is 9.10. The molecule has 0 amide bonds. The van der Waals surface area contributed by atoms with E-state index in [-0.39, 0.29) is 0 Å². The fourth-order valence-corrected chi connectivity index (χ4v) is 2.35. The fraction of sp³-hybridized carbons (Fsp3) is 0.357. The van der Waals surface area contributed by atoms with E-state index in [0.29, 0.717) is 0 Å². The van der Waals surface area contributed by atoms with E-state index >= 15 is 0 Å². The van der Waals surface area contributed by atoms with Gasteiger partial charge in [0, 0.05) is 23.4 Å². The third kappa shape index (κ3) is 2.75. The first-order valence-corrected chi connectivity index (χ1v) is 7.11. The molecule has 0 unspecified atom stereocenters. The molecule has 3 nitrogen and oxygen atoms in total. The lowest BCUT2D eigenvalue weighted by molar-refractivity contribution is 0.929. The number of nitrogens with zero attached hydrogens (tertiary/aromatic N) is 2. The summed E-state index contributed by atoms with van der Waals surface area (Å²) in [4.78, 5) is 4.37. The maximum Gasteiger partial charge on any atom is 0.207 e. The van der Waals surface area contributed by atoms with Crippen LogP contribution >= 0.6 is 15.9 Å². The van der Waals surface area contributed by atoms with E-state index < -0.39 is 0 Å². The zero-order chi connectivity index (χ0) is 13.0. The molecule has 1 aromatic heterocycles. The summed E-state index contributed by atoms with van der Waals surface area (Å²) < 4.78 is 3.23. The van der Waals surface area contributed by atoms with Crippen molar-refractivity contribution in [1.29, 1.82) is 0 Å². The normalized spacial score (nSPS) is 10.6. The van der Waals surface area contributed by atoms with Crippen molar-refractivity contribution in [3.8, 4) is 5.69 Å². The number of aryl methyl sites for hydroxylation is 1. The van der Waals surface area contributed by atoms with Crippen LogP contribution in [0.3, 0.4) is 0 Å². The lowest BCUT2D eigenvalue weighted by atomic mass is 10.1. The van der Waals surface area contributed by atoms with Crippen molar-refractivity contribution < 1.29 is 0 Å². The Balaban J connectivity index is 2.39. The minimum Gasteiger partial charge on any atom is -0.355 e. The molecule has 0 saturated heterocycles. The van der Waals surface area contributed by atoms with Crippen LogP contribution in [0, 0.1) is 0 Å². The van der Waals surface area contributed by atoms with Crippen LogP contribution in [0.15, 0.2) is 35.1 Å². The Bertz CT molecular complexity index is 520. The Kier molecular flexibility index (Phi) is 4.42. The van der Waals surface area contributed by atoms with Crippen molar-refractivity contribution in [2.24, 2.45) is 0 Å². The number of aromatic nitrogens is 2. The zero-order valence-corrected chi connectivity index (χ0v) is 12.4. The number of imidazole rings is 1. The van der Waals surface area contributed by atoms with Gasteiger partial charge < -0.3 is 5.32 Å². The van der Waals surface area contributed by atoms with Crippen molar-refractivity contribution in [1.82, 2.24) is 9.55 Å². The minimum atomic E-state index is 0.911. The summed E-state index contributed by atoms with van der Waals surface area (Å²) in [5, 5.41) is 3.35. The number of anilines is 1. The van der Waals surface area contributed by atoms with Gasteiger partial charge in [-0.15, -0.1) is 0 Å². The van der Waals surface area contributed by atoms with Gasteiger partial charge in [0.05, 0.1) is 5.69 Å². The number of rotatable bonds is 5. The van der Waals surface area contributed by atoms with E-state index in [1.165, 1.54) is 11.3 Å². The van der Waals surface area contributed by atoms with Crippen molar-refractivity contribution in [2.45, 2.75) is 26.7 Å². The predicted octanol–water partition coefficient (Wildman–Crippen LogP) is 4.02. The molecule has 96 valence electrons. The molecule has 0 aliphatic heterocycles. The summed E-state index contributed by atoms with van der Waals surface area (Å²) in [7, 11) is 0. The Morgan fingerprint density at radius 1 is 1.33 bits per heavy atom. The highest BCUT2D eigenvalue weighted by Gasteiger charge is 2.08. The van der Waals surface area contributed by atoms with Gasteiger partial charge in [-0.2, -0.15) is 0 Å². The maximum absolute atomic E-state index is 4.37. The number of hydrogen-bond acceptors (Lipinski definition) is 2. The topological polar surface area (TPSA) is 29.9 Å². The van der Waals surface area contributed by atoms with Gasteiger partial charge in [0.1, 0.15) is 0 Å². The molecular formula is C14H18BrN3. The van der Waals surface area contributed by atoms with Gasteiger partial charge in [-0.25, -0.2) is 4.98 Å². The molecule has 0 aliphatic carbocycles. The molecule has 2 aromatic rings. The van der Waals surface area contributed by atoms with E-state index in [4.69, 9.17) is 0 Å². The number of nitrogens with one attached hydrogen (secondary N) is 1. The first-order valence-electron chi connectivity index (χ1n) is 6.32. The summed E-state index contributed by atoms with van der Waals surface area (Å²) >= 11 is 3.52. The molecule has 1 aromatic carbocycles. The zero-order valence-electron chi connectivity index (χ0n) is 10.8. The highest BCUT2D eigenvalue weighted by Crippen LogP contribution is 2.23. The van der Waals surface area contributed by atoms with Gasteiger partial charge in [0.15, 0.2) is 0 Å². The molecule has 2 rings (SSSR count). The number of benzene rings is 1. The molecule has 4 heteroatoms. The van der Waals surface area contributed by atoms with Crippen LogP contribution in [0.5, 0.6) is 0 Å². The predicted molar refractivity (Wildman–Crippen MR) is 79.4 cm³/mol. The molecule has 0 saturated carbocycles. The average molecular weight is 308 g/mol. The van der Waals surface area contributed by atoms with Crippen LogP contribution in [0.1, 0.15) is 25.8 Å². The van der Waals surface area contributed by atoms with Gasteiger partial charge >= 0.3 is 0 Å². The van der Waals surface area contributed by atoms with Crippen LogP contribution in [-0.2, 0) is 6.42 Å². The molecule has 0 aliphatic rings. The Morgan fingerprint density at radius 3 is 2.89 bits per heavy atom. The first kappa shape index (κ1) is 13.1. The van der Waals surface area contributed by atoms with E-state index in [1.807, 2.05) is 12.4 Å². The maximum atomic E-state index is 4.37. The highest BCUT2D eigenvalue weighted by atomic mass is 79.9. The van der Waals surface area contributed by atoms with Gasteiger partial charge in [0.2, 0.25) is 5.95 Å². The third-order valence-corrected chi connectivity index (χ3v) is 3.35. The molecular weight excluding hydrogens is 290 g/mol. The second kappa shape index (κ2) is 6.05. The van der Waals surface area contributed by atoms with Gasteiger partial charge in [-0.05, 0) is 36.6 Å². The Labute approximate surface area is 116 Å². The summed E-state index contributed by atoms with van der Waals surface area (Å²) in [6.45, 7) is 5.26. The quantitative estimate of drug-likeness (QED) is 0.904. The average Bonchev–Trinajstić information content (AvgIpc) is 2.84. The molecule has 0 radical (unpaired) electrons. The van der Waals surface area contributed by atoms with Crippen molar-refractivity contribution >= 4 is 21.9 Å². The van der Waals surface area contributed by atoms with Crippen LogP contribution in [0.4, 0.5) is 5.95 Å². The monoisotopic (exact) mass is 307 g/mol. The van der Waals surface area contributed by atoms with Gasteiger partial charge in [-0.3, -0.25) is 4.57 Å². The Morgan fingerprint density at radius 2 is 2.17 bits per heavy atom. The second-order valence-electron chi connectivity index (χ2n) is 4.17. The van der Waals surface area contributed by atoms with Crippen molar-refractivity contribution in [3.05, 3.63) is 40.6 Å². The summed E-state index contributed by atoms with van der Waals surface area (Å²) in [6.07, 6.45) is 5.92. The molecule has 1 N–H and O–H groups in total. The van der Waals surface area contributed by atoms with E-state index in [2.05, 4.69) is 62.8 Å². The van der Waals surface area contributed by atoms with Crippen LogP contribution < -0.4 is 5.32 Å². The number of hydrogen-bond donors (Lipinski definition) is 1. The standard InChI is InChI=1S/C14H18BrN3/c1-3-7-16-14-17-8-9-18(14)13-6-5-12(15)10-11(13)4-2/h5-6,8-10H,3-4,7H2,1-2H3,(H,16,17). The molecule has 0 fully saturated rings. The second-order valence-corrected chi connectivity index (χ2v) is 5.09. The van der Waals surface area contributed by atoms with Gasteiger partial charge in [0.25, 0.3) is 0 Å². The largest absolute Gasteiger partial charge is 0.355 e. The minimum absolute atomic E-state index is 0.911. The molecule has 1 heterocycles. The van der Waals surface area contributed by atoms with Crippen LogP contribution in [0.25, 0.3) is 5.69 Å². The van der Waals surface area contributed by atoms with E-state index in [9.17, 15) is 0 Å². The van der Waals surface area contributed by atoms with Crippen molar-refractivity contribution in [3.63, 3.8) is 0 Å². The Hall–Kier alpha value is -1.29. The summed E-state index contributed by atoms with van der Waals surface area (Å²) in [5.41, 5.74) is 2.50. The van der Waals surface area contributed by atoms with Crippen LogP contribution in [-0.4, -0.2) is 16.1 Å². The summed E-state index contributed by atoms with van der Waals surface area (Å²) in [6, 6.07) is 6.36.